The summed E-state index contributed by atoms with van der Waals surface area (Å²) in [4.78, 5) is 25.4. The highest BCUT2D eigenvalue weighted by Gasteiger charge is 2.46. The predicted molar refractivity (Wildman–Crippen MR) is 229 cm³/mol. The summed E-state index contributed by atoms with van der Waals surface area (Å²) < 4.78 is 54.1. The Hall–Kier alpha value is -1.61. The van der Waals surface area contributed by atoms with Crippen molar-refractivity contribution in [3.8, 4) is 0 Å². The minimum absolute atomic E-state index is 0.158. The van der Waals surface area contributed by atoms with E-state index in [1.54, 1.807) is 0 Å². The first kappa shape index (κ1) is 54.4. The number of hydrogen-bond acceptors (Lipinski definition) is 11. The molecule has 0 bridgehead atoms. The predicted octanol–water partition coefficient (Wildman–Crippen LogP) is 9.45. The monoisotopic (exact) mass is 849 g/mol. The Balaban J connectivity index is 2.43. The second-order valence-corrected chi connectivity index (χ2v) is 17.9. The fourth-order valence-electron chi connectivity index (χ4n) is 7.20. The van der Waals surface area contributed by atoms with E-state index in [-0.39, 0.29) is 19.4 Å². The van der Waals surface area contributed by atoms with Crippen molar-refractivity contribution in [2.45, 2.75) is 243 Å². The van der Waals surface area contributed by atoms with Gasteiger partial charge in [-0.1, -0.05) is 167 Å². The zero-order valence-corrected chi connectivity index (χ0v) is 37.2. The largest absolute Gasteiger partial charge is 0.462 e. The van der Waals surface area contributed by atoms with E-state index in [9.17, 15) is 37.9 Å². The molecule has 0 aromatic rings. The van der Waals surface area contributed by atoms with Gasteiger partial charge in [-0.25, -0.2) is 0 Å². The van der Waals surface area contributed by atoms with Gasteiger partial charge in [0.1, 0.15) is 36.8 Å². The number of esters is 2. The third kappa shape index (κ3) is 30.4. The zero-order chi connectivity index (χ0) is 42.7. The van der Waals surface area contributed by atoms with Crippen LogP contribution < -0.4 is 0 Å². The van der Waals surface area contributed by atoms with Gasteiger partial charge in [-0.2, -0.15) is 8.42 Å². The first-order valence-electron chi connectivity index (χ1n) is 23.2. The molecular weight excluding hydrogens is 765 g/mol. The number of unbranched alkanes of at least 4 members (excludes halogenated alkanes) is 25. The molecule has 6 atom stereocenters. The molecule has 2 unspecified atom stereocenters. The maximum Gasteiger partial charge on any atom is 0.306 e. The molecule has 13 heteroatoms. The Morgan fingerprint density at radius 1 is 0.569 bits per heavy atom. The Morgan fingerprint density at radius 2 is 0.983 bits per heavy atom. The molecule has 0 aliphatic carbocycles. The third-order valence-corrected chi connectivity index (χ3v) is 11.6. The summed E-state index contributed by atoms with van der Waals surface area (Å²) in [5.74, 6) is -1.98. The van der Waals surface area contributed by atoms with E-state index >= 15 is 0 Å². The standard InChI is InChI=1S/C45H84O12S/c1-3-5-7-9-11-13-15-17-19-20-22-23-25-27-29-31-33-40(46)54-35-38(36-55-45-44(50)43(49)42(48)39(57-45)37-58(51,52)53)56-41(47)34-32-30-28-26-24-21-18-16-14-12-10-8-6-4-2/h16,18,38-39,42-45,48-50H,3-15,17,19-37H2,1-2H3,(H,51,52,53)/b18-16+/t38-,39-,42-,43?,44?,45+/m1/s1. The van der Waals surface area contributed by atoms with Crippen LogP contribution in [0.1, 0.15) is 206 Å². The molecule has 58 heavy (non-hydrogen) atoms. The molecule has 1 aliphatic rings. The Labute approximate surface area is 352 Å². The van der Waals surface area contributed by atoms with Crippen molar-refractivity contribution in [3.05, 3.63) is 12.2 Å². The summed E-state index contributed by atoms with van der Waals surface area (Å²) in [5.41, 5.74) is 0. The number of ether oxygens (including phenoxy) is 4. The molecule has 1 rings (SSSR count). The topological polar surface area (TPSA) is 186 Å². The van der Waals surface area contributed by atoms with Gasteiger partial charge in [0.2, 0.25) is 0 Å². The van der Waals surface area contributed by atoms with Crippen molar-refractivity contribution in [3.63, 3.8) is 0 Å². The lowest BCUT2D eigenvalue weighted by Crippen LogP contribution is -2.60. The minimum atomic E-state index is -4.60. The molecule has 0 aromatic heterocycles. The van der Waals surface area contributed by atoms with E-state index in [1.807, 2.05) is 0 Å². The number of aliphatic hydroxyl groups is 3. The van der Waals surface area contributed by atoms with Crippen molar-refractivity contribution >= 4 is 22.1 Å². The van der Waals surface area contributed by atoms with Gasteiger partial charge in [0.25, 0.3) is 10.1 Å². The molecule has 1 fully saturated rings. The fourth-order valence-corrected chi connectivity index (χ4v) is 7.89. The van der Waals surface area contributed by atoms with Crippen LogP contribution in [0.25, 0.3) is 0 Å². The first-order chi connectivity index (χ1) is 28.0. The van der Waals surface area contributed by atoms with Gasteiger partial charge in [-0.05, 0) is 38.5 Å². The summed E-state index contributed by atoms with van der Waals surface area (Å²) in [7, 11) is -4.60. The first-order valence-corrected chi connectivity index (χ1v) is 24.9. The average Bonchev–Trinajstić information content (AvgIpc) is 3.18. The summed E-state index contributed by atoms with van der Waals surface area (Å²) >= 11 is 0. The van der Waals surface area contributed by atoms with Gasteiger partial charge in [0, 0.05) is 12.8 Å². The normalized spacial score (nSPS) is 20.4. The molecule has 12 nitrogen and oxygen atoms in total. The maximum absolute atomic E-state index is 12.8. The van der Waals surface area contributed by atoms with Crippen LogP contribution in [0.15, 0.2) is 12.2 Å². The van der Waals surface area contributed by atoms with Crippen molar-refractivity contribution in [1.29, 1.82) is 0 Å². The van der Waals surface area contributed by atoms with Crippen molar-refractivity contribution in [2.24, 2.45) is 0 Å². The van der Waals surface area contributed by atoms with E-state index in [0.29, 0.717) is 12.8 Å². The van der Waals surface area contributed by atoms with Crippen LogP contribution in [-0.2, 0) is 38.7 Å². The lowest BCUT2D eigenvalue weighted by molar-refractivity contribution is -0.297. The molecule has 4 N–H and O–H groups in total. The van der Waals surface area contributed by atoms with Crippen molar-refractivity contribution in [1.82, 2.24) is 0 Å². The van der Waals surface area contributed by atoms with Gasteiger partial charge >= 0.3 is 11.9 Å². The van der Waals surface area contributed by atoms with Crippen molar-refractivity contribution in [2.75, 3.05) is 19.0 Å². The van der Waals surface area contributed by atoms with Crippen LogP contribution in [0.5, 0.6) is 0 Å². The van der Waals surface area contributed by atoms with Gasteiger partial charge in [0.05, 0.1) is 6.61 Å². The van der Waals surface area contributed by atoms with Gasteiger partial charge in [0.15, 0.2) is 12.4 Å². The number of hydrogen-bond donors (Lipinski definition) is 4. The van der Waals surface area contributed by atoms with Crippen molar-refractivity contribution < 1.29 is 56.8 Å². The number of carbonyl (C=O) groups is 2. The Kier molecular flexibility index (Phi) is 33.8. The highest BCUT2D eigenvalue weighted by atomic mass is 32.2. The van der Waals surface area contributed by atoms with E-state index < -0.39 is 71.2 Å². The quantitative estimate of drug-likeness (QED) is 0.0199. The molecule has 342 valence electrons. The Morgan fingerprint density at radius 3 is 1.43 bits per heavy atom. The second-order valence-electron chi connectivity index (χ2n) is 16.4. The minimum Gasteiger partial charge on any atom is -0.462 e. The molecule has 1 heterocycles. The van der Waals surface area contributed by atoms with Crippen LogP contribution in [-0.4, -0.2) is 96.0 Å². The van der Waals surface area contributed by atoms with Crippen LogP contribution in [0, 0.1) is 0 Å². The smallest absolute Gasteiger partial charge is 0.306 e. The number of carbonyl (C=O) groups excluding carboxylic acids is 2. The molecule has 0 saturated carbocycles. The average molecular weight is 849 g/mol. The number of aliphatic hydroxyl groups excluding tert-OH is 3. The molecule has 0 spiro atoms. The molecule has 1 aliphatic heterocycles. The lowest BCUT2D eigenvalue weighted by atomic mass is 10.00. The number of rotatable bonds is 39. The summed E-state index contributed by atoms with van der Waals surface area (Å²) in [6.07, 6.45) is 28.2. The summed E-state index contributed by atoms with van der Waals surface area (Å²) in [6.45, 7) is 3.76. The highest BCUT2D eigenvalue weighted by molar-refractivity contribution is 7.85. The lowest BCUT2D eigenvalue weighted by Gasteiger charge is -2.40. The molecule has 0 amide bonds. The van der Waals surface area contributed by atoms with Gasteiger partial charge < -0.3 is 34.3 Å². The van der Waals surface area contributed by atoms with E-state index in [4.69, 9.17) is 18.9 Å². The second kappa shape index (κ2) is 36.1. The maximum atomic E-state index is 12.8. The van der Waals surface area contributed by atoms with Crippen LogP contribution in [0.2, 0.25) is 0 Å². The van der Waals surface area contributed by atoms with E-state index in [0.717, 1.165) is 57.8 Å². The van der Waals surface area contributed by atoms with Crippen LogP contribution >= 0.6 is 0 Å². The van der Waals surface area contributed by atoms with E-state index in [1.165, 1.54) is 109 Å². The SMILES string of the molecule is CCCCCCC/C=C/CCCCCCCC(=O)O[C@H](COC(=O)CCCCCCCCCCCCCCCCCC)CO[C@H]1O[C@H](CS(=O)(=O)O)[C@@H](O)C(O)C1O. The molecule has 0 aromatic carbocycles. The third-order valence-electron chi connectivity index (χ3n) is 10.8. The molecular formula is C45H84O12S. The summed E-state index contributed by atoms with van der Waals surface area (Å²) in [5, 5.41) is 30.9. The molecule has 0 radical (unpaired) electrons. The van der Waals surface area contributed by atoms with Gasteiger partial charge in [-0.3, -0.25) is 14.1 Å². The van der Waals surface area contributed by atoms with Gasteiger partial charge in [-0.15, -0.1) is 0 Å². The molecule has 1 saturated heterocycles. The summed E-state index contributed by atoms with van der Waals surface area (Å²) in [6, 6.07) is 0. The number of allylic oxidation sites excluding steroid dienone is 2. The zero-order valence-electron chi connectivity index (χ0n) is 36.4. The van der Waals surface area contributed by atoms with Crippen LogP contribution in [0.3, 0.4) is 0 Å². The fraction of sp³-hybridized carbons (Fsp3) is 0.911. The Bertz CT molecular complexity index is 1130. The van der Waals surface area contributed by atoms with Crippen LogP contribution in [0.4, 0.5) is 0 Å². The van der Waals surface area contributed by atoms with E-state index in [2.05, 4.69) is 26.0 Å². The highest BCUT2D eigenvalue weighted by Crippen LogP contribution is 2.24.